The zero-order chi connectivity index (χ0) is 11.7. The molecule has 4 heteroatoms. The molecule has 16 heavy (non-hydrogen) atoms. The molecule has 4 nitrogen and oxygen atoms in total. The maximum atomic E-state index is 11.2. The van der Waals surface area contributed by atoms with Crippen LogP contribution in [0.5, 0.6) is 0 Å². The van der Waals surface area contributed by atoms with E-state index in [1.54, 1.807) is 0 Å². The molecule has 1 amide bonds. The second kappa shape index (κ2) is 3.96. The lowest BCUT2D eigenvalue weighted by atomic mass is 9.93. The summed E-state index contributed by atoms with van der Waals surface area (Å²) in [5, 5.41) is 2.72. The molecule has 1 aromatic rings. The van der Waals surface area contributed by atoms with E-state index in [1.165, 1.54) is 6.92 Å². The fraction of sp³-hybridized carbons (Fsp3) is 0.333. The highest BCUT2D eigenvalue weighted by atomic mass is 16.6. The Morgan fingerprint density at radius 2 is 1.94 bits per heavy atom. The average Bonchev–Trinajstić information content (AvgIpc) is 2.24. The van der Waals surface area contributed by atoms with Gasteiger partial charge in [0.05, 0.1) is 0 Å². The van der Waals surface area contributed by atoms with Gasteiger partial charge in [-0.3, -0.25) is 9.59 Å². The minimum Gasteiger partial charge on any atom is -0.450 e. The Morgan fingerprint density at radius 3 is 2.44 bits per heavy atom. The lowest BCUT2D eigenvalue weighted by Gasteiger charge is -2.35. The Kier molecular flexibility index (Phi) is 2.64. The van der Waals surface area contributed by atoms with Gasteiger partial charge in [-0.1, -0.05) is 29.8 Å². The van der Waals surface area contributed by atoms with Gasteiger partial charge in [-0.25, -0.2) is 0 Å². The van der Waals surface area contributed by atoms with Crippen molar-refractivity contribution in [3.8, 4) is 0 Å². The number of hydrogen-bond acceptors (Lipinski definition) is 3. The Bertz CT molecular complexity index is 424. The van der Waals surface area contributed by atoms with Gasteiger partial charge >= 0.3 is 5.97 Å². The largest absolute Gasteiger partial charge is 0.450 e. The molecular weight excluding hydrogens is 206 g/mol. The van der Waals surface area contributed by atoms with Gasteiger partial charge in [-0.15, -0.1) is 0 Å². The summed E-state index contributed by atoms with van der Waals surface area (Å²) in [5.74, 6) is -0.669. The van der Waals surface area contributed by atoms with Crippen LogP contribution in [-0.2, 0) is 14.3 Å². The van der Waals surface area contributed by atoms with Gasteiger partial charge in [0.25, 0.3) is 5.91 Å². The van der Waals surface area contributed by atoms with Crippen molar-refractivity contribution in [3.63, 3.8) is 0 Å². The third-order valence-corrected chi connectivity index (χ3v) is 2.59. The molecule has 1 heterocycles. The second-order valence-electron chi connectivity index (χ2n) is 3.93. The highest BCUT2D eigenvalue weighted by Crippen LogP contribution is 2.27. The molecule has 0 spiro atoms. The van der Waals surface area contributed by atoms with E-state index >= 15 is 0 Å². The molecule has 1 aliphatic rings. The highest BCUT2D eigenvalue weighted by molar-refractivity contribution is 5.90. The van der Waals surface area contributed by atoms with Gasteiger partial charge < -0.3 is 10.1 Å². The molecule has 0 unspecified atom stereocenters. The van der Waals surface area contributed by atoms with Crippen molar-refractivity contribution in [2.45, 2.75) is 26.0 Å². The van der Waals surface area contributed by atoms with E-state index in [-0.39, 0.29) is 11.9 Å². The van der Waals surface area contributed by atoms with Gasteiger partial charge in [-0.05, 0) is 12.5 Å². The molecule has 0 aliphatic carbocycles. The summed E-state index contributed by atoms with van der Waals surface area (Å²) in [4.78, 5) is 22.0. The molecule has 0 saturated carbocycles. The molecule has 0 bridgehead atoms. The van der Waals surface area contributed by atoms with E-state index in [2.05, 4.69) is 5.32 Å². The van der Waals surface area contributed by atoms with E-state index in [9.17, 15) is 9.59 Å². The summed E-state index contributed by atoms with van der Waals surface area (Å²) in [6, 6.07) is 7.57. The second-order valence-corrected chi connectivity index (χ2v) is 3.93. The van der Waals surface area contributed by atoms with Gasteiger partial charge in [0.2, 0.25) is 6.10 Å². The van der Waals surface area contributed by atoms with Crippen molar-refractivity contribution in [2.24, 2.45) is 0 Å². The molecule has 2 rings (SSSR count). The first-order valence-electron chi connectivity index (χ1n) is 5.12. The Morgan fingerprint density at radius 1 is 1.31 bits per heavy atom. The smallest absolute Gasteiger partial charge is 0.303 e. The van der Waals surface area contributed by atoms with Crippen LogP contribution in [0.4, 0.5) is 0 Å². The number of benzene rings is 1. The van der Waals surface area contributed by atoms with Crippen molar-refractivity contribution < 1.29 is 14.3 Å². The fourth-order valence-electron chi connectivity index (χ4n) is 1.70. The number of β-lactam (4-membered cyclic amide) rings is 1. The van der Waals surface area contributed by atoms with Crippen LogP contribution < -0.4 is 5.32 Å². The number of aryl methyl sites for hydroxylation is 1. The average molecular weight is 219 g/mol. The van der Waals surface area contributed by atoms with Crippen LogP contribution in [0.1, 0.15) is 24.1 Å². The molecule has 2 atom stereocenters. The van der Waals surface area contributed by atoms with Crippen LogP contribution in [0.2, 0.25) is 0 Å². The van der Waals surface area contributed by atoms with E-state index in [1.807, 2.05) is 31.2 Å². The van der Waals surface area contributed by atoms with Crippen LogP contribution in [-0.4, -0.2) is 18.0 Å². The molecule has 0 radical (unpaired) electrons. The minimum atomic E-state index is -0.680. The molecule has 1 saturated heterocycles. The molecule has 1 fully saturated rings. The number of ether oxygens (including phenoxy) is 1. The summed E-state index contributed by atoms with van der Waals surface area (Å²) in [6.07, 6.45) is -0.680. The first-order chi connectivity index (χ1) is 7.58. The van der Waals surface area contributed by atoms with Crippen molar-refractivity contribution in [3.05, 3.63) is 35.4 Å². The summed E-state index contributed by atoms with van der Waals surface area (Å²) >= 11 is 0. The Balaban J connectivity index is 2.13. The topological polar surface area (TPSA) is 55.4 Å². The molecular formula is C12H13NO3. The highest BCUT2D eigenvalue weighted by Gasteiger charge is 2.42. The summed E-state index contributed by atoms with van der Waals surface area (Å²) < 4.78 is 4.94. The van der Waals surface area contributed by atoms with Crippen LogP contribution in [0, 0.1) is 6.92 Å². The fourth-order valence-corrected chi connectivity index (χ4v) is 1.70. The molecule has 0 aromatic heterocycles. The summed E-state index contributed by atoms with van der Waals surface area (Å²) in [6.45, 7) is 3.30. The lowest BCUT2D eigenvalue weighted by Crippen LogP contribution is -2.57. The number of nitrogens with one attached hydrogen (secondary N) is 1. The molecule has 1 aliphatic heterocycles. The molecule has 84 valence electrons. The van der Waals surface area contributed by atoms with Crippen molar-refractivity contribution >= 4 is 11.9 Å². The third-order valence-electron chi connectivity index (χ3n) is 2.59. The summed E-state index contributed by atoms with van der Waals surface area (Å²) in [7, 11) is 0. The zero-order valence-corrected chi connectivity index (χ0v) is 9.19. The van der Waals surface area contributed by atoms with Gasteiger partial charge in [-0.2, -0.15) is 0 Å². The molecule has 1 N–H and O–H groups in total. The number of carbonyl (C=O) groups excluding carboxylic acids is 2. The summed E-state index contributed by atoms with van der Waals surface area (Å²) in [5.41, 5.74) is 2.11. The predicted molar refractivity (Wildman–Crippen MR) is 57.6 cm³/mol. The standard InChI is InChI=1S/C12H13NO3/c1-7-3-5-9(6-4-7)10-11(12(15)13-10)16-8(2)14/h3-6,10-11H,1-2H3,(H,13,15)/t10-,11+/m1/s1. The quantitative estimate of drug-likeness (QED) is 0.598. The number of esters is 1. The minimum absolute atomic E-state index is 0.211. The maximum Gasteiger partial charge on any atom is 0.303 e. The van der Waals surface area contributed by atoms with Gasteiger partial charge in [0.15, 0.2) is 0 Å². The number of rotatable bonds is 2. The number of amides is 1. The monoisotopic (exact) mass is 219 g/mol. The predicted octanol–water partition coefficient (Wildman–Crippen LogP) is 1.10. The van der Waals surface area contributed by atoms with Crippen molar-refractivity contribution in [1.29, 1.82) is 0 Å². The van der Waals surface area contributed by atoms with Crippen LogP contribution in [0.25, 0.3) is 0 Å². The number of carbonyl (C=O) groups is 2. The van der Waals surface area contributed by atoms with Crippen LogP contribution >= 0.6 is 0 Å². The van der Waals surface area contributed by atoms with Crippen molar-refractivity contribution in [2.75, 3.05) is 0 Å². The normalized spacial score (nSPS) is 23.2. The lowest BCUT2D eigenvalue weighted by molar-refractivity contribution is -0.164. The van der Waals surface area contributed by atoms with Gasteiger partial charge in [0.1, 0.15) is 6.04 Å². The first-order valence-corrected chi connectivity index (χ1v) is 5.12. The van der Waals surface area contributed by atoms with Crippen LogP contribution in [0.15, 0.2) is 24.3 Å². The molecule has 1 aromatic carbocycles. The Labute approximate surface area is 93.6 Å². The van der Waals surface area contributed by atoms with E-state index in [0.717, 1.165) is 11.1 Å². The maximum absolute atomic E-state index is 11.2. The zero-order valence-electron chi connectivity index (χ0n) is 9.19. The Hall–Kier alpha value is -1.84. The number of hydrogen-bond donors (Lipinski definition) is 1. The van der Waals surface area contributed by atoms with E-state index < -0.39 is 12.1 Å². The van der Waals surface area contributed by atoms with E-state index in [4.69, 9.17) is 4.74 Å². The first kappa shape index (κ1) is 10.7. The van der Waals surface area contributed by atoms with E-state index in [0.29, 0.717) is 0 Å². The third kappa shape index (κ3) is 1.91. The van der Waals surface area contributed by atoms with Crippen molar-refractivity contribution in [1.82, 2.24) is 5.32 Å². The van der Waals surface area contributed by atoms with Crippen LogP contribution in [0.3, 0.4) is 0 Å². The SMILES string of the molecule is CC(=O)O[C@@H]1C(=O)N[C@@H]1c1ccc(C)cc1. The van der Waals surface area contributed by atoms with Gasteiger partial charge in [0, 0.05) is 6.92 Å².